The van der Waals surface area contributed by atoms with Gasteiger partial charge >= 0.3 is 0 Å². The van der Waals surface area contributed by atoms with E-state index < -0.39 is 0 Å². The predicted octanol–water partition coefficient (Wildman–Crippen LogP) is 2.64. The zero-order valence-corrected chi connectivity index (χ0v) is 10.6. The number of hydrogen-bond donors (Lipinski definition) is 1. The van der Waals surface area contributed by atoms with Gasteiger partial charge in [0.1, 0.15) is 0 Å². The first-order valence-corrected chi connectivity index (χ1v) is 6.26. The van der Waals surface area contributed by atoms with Crippen molar-refractivity contribution in [3.63, 3.8) is 0 Å². The number of ketones is 1. The second-order valence-electron chi connectivity index (χ2n) is 5.01. The Balaban J connectivity index is 2.22. The summed E-state index contributed by atoms with van der Waals surface area (Å²) in [6.45, 7) is 2.02. The lowest BCUT2D eigenvalue weighted by Gasteiger charge is -2.25. The lowest BCUT2D eigenvalue weighted by atomic mass is 9.81. The van der Waals surface area contributed by atoms with Crippen molar-refractivity contribution < 1.29 is 14.6 Å². The molecule has 1 N–H and O–H groups in total. The van der Waals surface area contributed by atoms with Crippen LogP contribution >= 0.6 is 0 Å². The zero-order chi connectivity index (χ0) is 12.9. The van der Waals surface area contributed by atoms with E-state index >= 15 is 0 Å². The third kappa shape index (κ3) is 1.40. The van der Waals surface area contributed by atoms with Crippen molar-refractivity contribution in [3.05, 3.63) is 34.4 Å². The number of phenols is 1. The molecule has 0 aliphatic heterocycles. The van der Waals surface area contributed by atoms with E-state index in [1.165, 1.54) is 0 Å². The summed E-state index contributed by atoms with van der Waals surface area (Å²) in [6.07, 6.45) is 4.15. The molecule has 0 heterocycles. The molecule has 0 aromatic heterocycles. The van der Waals surface area contributed by atoms with Crippen molar-refractivity contribution >= 4 is 5.78 Å². The predicted molar refractivity (Wildman–Crippen MR) is 68.2 cm³/mol. The molecule has 1 saturated carbocycles. The second-order valence-corrected chi connectivity index (χ2v) is 5.01. The molecule has 1 aromatic carbocycles. The molecule has 2 aliphatic rings. The van der Waals surface area contributed by atoms with Crippen LogP contribution in [0.2, 0.25) is 0 Å². The molecule has 0 spiro atoms. The maximum atomic E-state index is 11.8. The molecule has 0 radical (unpaired) electrons. The first kappa shape index (κ1) is 11.3. The van der Waals surface area contributed by atoms with E-state index in [-0.39, 0.29) is 17.5 Å². The minimum Gasteiger partial charge on any atom is -0.504 e. The second kappa shape index (κ2) is 3.87. The van der Waals surface area contributed by atoms with Crippen LogP contribution < -0.4 is 4.74 Å². The molecule has 3 heteroatoms. The molecule has 0 unspecified atom stereocenters. The minimum absolute atomic E-state index is 0.0649. The molecule has 3 nitrogen and oxygen atoms in total. The number of hydrogen-bond acceptors (Lipinski definition) is 3. The van der Waals surface area contributed by atoms with Crippen LogP contribution in [0.3, 0.4) is 0 Å². The number of Topliss-reactive ketones (excluding diaryl/α,β-unsaturated/α-hetero) is 1. The summed E-state index contributed by atoms with van der Waals surface area (Å²) in [5.41, 5.74) is 4.06. The summed E-state index contributed by atoms with van der Waals surface area (Å²) in [5.74, 6) is 1.01. The summed E-state index contributed by atoms with van der Waals surface area (Å²) in [5, 5.41) is 10.3. The Bertz CT molecular complexity index is 570. The van der Waals surface area contributed by atoms with Crippen molar-refractivity contribution in [2.24, 2.45) is 0 Å². The van der Waals surface area contributed by atoms with Gasteiger partial charge in [0.25, 0.3) is 0 Å². The van der Waals surface area contributed by atoms with Crippen LogP contribution in [0.5, 0.6) is 11.5 Å². The number of benzene rings is 1. The van der Waals surface area contributed by atoms with Gasteiger partial charge in [0.15, 0.2) is 17.3 Å². The van der Waals surface area contributed by atoms with Gasteiger partial charge in [0.05, 0.1) is 7.11 Å². The quantitative estimate of drug-likeness (QED) is 0.826. The number of allylic oxidation sites excluding steroid dienone is 2. The Morgan fingerprint density at radius 3 is 2.94 bits per heavy atom. The highest BCUT2D eigenvalue weighted by molar-refractivity contribution is 6.00. The molecule has 1 aromatic rings. The van der Waals surface area contributed by atoms with E-state index in [4.69, 9.17) is 4.74 Å². The Morgan fingerprint density at radius 2 is 2.22 bits per heavy atom. The summed E-state index contributed by atoms with van der Waals surface area (Å²) in [7, 11) is 1.56. The van der Waals surface area contributed by atoms with Gasteiger partial charge in [-0.25, -0.2) is 0 Å². The number of methoxy groups -OCH3 is 1. The highest BCUT2D eigenvalue weighted by Gasteiger charge is 2.36. The first-order chi connectivity index (χ1) is 8.63. The molecule has 94 valence electrons. The number of phenolic OH excluding ortho intramolecular Hbond substituents is 1. The van der Waals surface area contributed by atoms with Crippen molar-refractivity contribution in [2.75, 3.05) is 7.11 Å². The van der Waals surface area contributed by atoms with Crippen LogP contribution in [-0.4, -0.2) is 18.0 Å². The van der Waals surface area contributed by atoms with Gasteiger partial charge in [0, 0.05) is 17.9 Å². The Hall–Kier alpha value is -1.77. The number of rotatable bonds is 1. The van der Waals surface area contributed by atoms with E-state index in [0.29, 0.717) is 12.2 Å². The fourth-order valence-electron chi connectivity index (χ4n) is 3.18. The number of carbonyl (C=O) groups excluding carboxylic acids is 1. The number of fused-ring (bicyclic) bond motifs is 3. The van der Waals surface area contributed by atoms with Gasteiger partial charge in [-0.05, 0) is 42.5 Å². The smallest absolute Gasteiger partial charge is 0.161 e. The maximum Gasteiger partial charge on any atom is 0.161 e. The summed E-state index contributed by atoms with van der Waals surface area (Å²) in [4.78, 5) is 11.8. The Labute approximate surface area is 106 Å². The van der Waals surface area contributed by atoms with E-state index in [2.05, 4.69) is 0 Å². The standard InChI is InChI=1S/C15H16O3/c1-8-7-13(18-2)15(17)14-9(8)3-4-10-11(14)5-6-12(10)16/h4,7,11,17H,3,5-6H2,1-2H3/t11-/m1/s1. The average Bonchev–Trinajstić information content (AvgIpc) is 2.75. The van der Waals surface area contributed by atoms with Gasteiger partial charge < -0.3 is 9.84 Å². The lowest BCUT2D eigenvalue weighted by molar-refractivity contribution is -0.114. The molecule has 1 fully saturated rings. The molecule has 1 atom stereocenters. The van der Waals surface area contributed by atoms with Crippen molar-refractivity contribution in [2.45, 2.75) is 32.1 Å². The third-order valence-electron chi connectivity index (χ3n) is 4.09. The summed E-state index contributed by atoms with van der Waals surface area (Å²) < 4.78 is 5.21. The fourth-order valence-corrected chi connectivity index (χ4v) is 3.18. The van der Waals surface area contributed by atoms with Gasteiger partial charge in [-0.2, -0.15) is 0 Å². The van der Waals surface area contributed by atoms with Gasteiger partial charge in [0.2, 0.25) is 0 Å². The van der Waals surface area contributed by atoms with Crippen LogP contribution in [0, 0.1) is 6.92 Å². The highest BCUT2D eigenvalue weighted by atomic mass is 16.5. The molecule has 2 aliphatic carbocycles. The molecule has 0 amide bonds. The number of carbonyl (C=O) groups is 1. The molecule has 0 saturated heterocycles. The van der Waals surface area contributed by atoms with Crippen molar-refractivity contribution in [1.82, 2.24) is 0 Å². The lowest BCUT2D eigenvalue weighted by Crippen LogP contribution is -2.11. The van der Waals surface area contributed by atoms with Crippen LogP contribution in [-0.2, 0) is 11.2 Å². The number of aryl methyl sites for hydroxylation is 1. The topological polar surface area (TPSA) is 46.5 Å². The molecule has 0 bridgehead atoms. The van der Waals surface area contributed by atoms with Crippen molar-refractivity contribution in [1.29, 1.82) is 0 Å². The summed E-state index contributed by atoms with van der Waals surface area (Å²) >= 11 is 0. The molecule has 3 rings (SSSR count). The van der Waals surface area contributed by atoms with E-state index in [1.807, 2.05) is 19.1 Å². The van der Waals surface area contributed by atoms with Gasteiger partial charge in [-0.1, -0.05) is 6.08 Å². The van der Waals surface area contributed by atoms with Crippen molar-refractivity contribution in [3.8, 4) is 11.5 Å². The monoisotopic (exact) mass is 244 g/mol. The first-order valence-electron chi connectivity index (χ1n) is 6.26. The van der Waals surface area contributed by atoms with Crippen LogP contribution in [0.25, 0.3) is 0 Å². The largest absolute Gasteiger partial charge is 0.504 e. The zero-order valence-electron chi connectivity index (χ0n) is 10.6. The SMILES string of the molecule is COc1cc(C)c2c(c1O)[C@@H]1CCC(=O)C1=CC2. The highest BCUT2D eigenvalue weighted by Crippen LogP contribution is 2.49. The molecule has 18 heavy (non-hydrogen) atoms. The molecular weight excluding hydrogens is 228 g/mol. The summed E-state index contributed by atoms with van der Waals surface area (Å²) in [6, 6.07) is 1.86. The van der Waals surface area contributed by atoms with Crippen LogP contribution in [0.1, 0.15) is 35.4 Å². The van der Waals surface area contributed by atoms with E-state index in [1.54, 1.807) is 7.11 Å². The number of aromatic hydroxyl groups is 1. The van der Waals surface area contributed by atoms with Crippen LogP contribution in [0.15, 0.2) is 17.7 Å². The fraction of sp³-hybridized carbons (Fsp3) is 0.400. The maximum absolute atomic E-state index is 11.8. The Morgan fingerprint density at radius 1 is 1.44 bits per heavy atom. The minimum atomic E-state index is 0.0649. The Kier molecular flexibility index (Phi) is 2.44. The average molecular weight is 244 g/mol. The van der Waals surface area contributed by atoms with Crippen LogP contribution in [0.4, 0.5) is 0 Å². The normalized spacial score (nSPS) is 21.3. The number of ether oxygens (including phenoxy) is 1. The van der Waals surface area contributed by atoms with Gasteiger partial charge in [-0.3, -0.25) is 4.79 Å². The third-order valence-corrected chi connectivity index (χ3v) is 4.09. The van der Waals surface area contributed by atoms with Gasteiger partial charge in [-0.15, -0.1) is 0 Å². The van der Waals surface area contributed by atoms with E-state index in [0.717, 1.165) is 35.1 Å². The van der Waals surface area contributed by atoms with E-state index in [9.17, 15) is 9.90 Å². The molecular formula is C15H16O3.